The number of aryl methyl sites for hydroxylation is 1. The van der Waals surface area contributed by atoms with E-state index in [9.17, 15) is 18.5 Å². The fourth-order valence-electron chi connectivity index (χ4n) is 3.99. The van der Waals surface area contributed by atoms with Gasteiger partial charge in [-0.2, -0.15) is 4.31 Å². The van der Waals surface area contributed by atoms with Crippen LogP contribution in [-0.4, -0.2) is 37.3 Å². The molecule has 1 atom stereocenters. The first-order chi connectivity index (χ1) is 14.7. The normalized spacial score (nSPS) is 21.6. The molecule has 3 rings (SSSR count). The van der Waals surface area contributed by atoms with Crippen LogP contribution in [0.25, 0.3) is 3.58 Å². The number of hydrogen-bond donors (Lipinski definition) is 0. The molecule has 8 heteroatoms. The maximum atomic E-state index is 13.3. The summed E-state index contributed by atoms with van der Waals surface area (Å²) in [5.41, 5.74) is 3.02. The molecule has 0 bridgehead atoms. The van der Waals surface area contributed by atoms with Crippen LogP contribution in [0.5, 0.6) is 0 Å². The van der Waals surface area contributed by atoms with Gasteiger partial charge in [-0.05, 0) is 70.7 Å². The number of benzene rings is 2. The van der Waals surface area contributed by atoms with Crippen LogP contribution in [0.2, 0.25) is 0 Å². The van der Waals surface area contributed by atoms with E-state index >= 15 is 0 Å². The summed E-state index contributed by atoms with van der Waals surface area (Å²) < 4.78 is 28.9. The summed E-state index contributed by atoms with van der Waals surface area (Å²) >= 11 is 2.21. The van der Waals surface area contributed by atoms with Crippen molar-refractivity contribution in [1.29, 1.82) is 0 Å². The van der Waals surface area contributed by atoms with Crippen LogP contribution in [0.3, 0.4) is 0 Å². The first-order valence-corrected chi connectivity index (χ1v) is 12.9. The van der Waals surface area contributed by atoms with Gasteiger partial charge in [-0.1, -0.05) is 62.7 Å². The third-order valence-corrected chi connectivity index (χ3v) is 9.07. The summed E-state index contributed by atoms with van der Waals surface area (Å²) in [6.07, 6.45) is 0. The van der Waals surface area contributed by atoms with E-state index in [1.54, 1.807) is 31.2 Å². The molecule has 32 heavy (non-hydrogen) atoms. The second-order valence-corrected chi connectivity index (χ2v) is 12.8. The highest BCUT2D eigenvalue weighted by molar-refractivity contribution is 14.1. The Morgan fingerprint density at radius 1 is 1.12 bits per heavy atom. The molecule has 0 radical (unpaired) electrons. The summed E-state index contributed by atoms with van der Waals surface area (Å²) in [5, 5.41) is 11.5. The van der Waals surface area contributed by atoms with Crippen molar-refractivity contribution in [2.24, 2.45) is 5.41 Å². The van der Waals surface area contributed by atoms with Crippen LogP contribution in [0.1, 0.15) is 44.4 Å². The second kappa shape index (κ2) is 8.87. The van der Waals surface area contributed by atoms with Crippen molar-refractivity contribution in [2.45, 2.75) is 44.9 Å². The fraction of sp³-hybridized carbons (Fsp3) is 0.417. The van der Waals surface area contributed by atoms with Gasteiger partial charge in [0.2, 0.25) is 16.6 Å². The second-order valence-electron chi connectivity index (χ2n) is 9.76. The molecule has 1 aliphatic rings. The van der Waals surface area contributed by atoms with Crippen LogP contribution in [-0.2, 0) is 15.4 Å². The smallest absolute Gasteiger partial charge is 0.243 e. The Hall–Kier alpha value is -1.78. The SMILES string of the molecule is Cc1ccc(S(=O)(=O)N2C/C(=C(\I)c3ccc(C(C)(C)C)cc3)[C@@](C)(C[N+](=O)[O-])C2)cc1. The van der Waals surface area contributed by atoms with Gasteiger partial charge in [0, 0.05) is 21.6 Å². The highest BCUT2D eigenvalue weighted by Crippen LogP contribution is 2.44. The molecule has 0 unspecified atom stereocenters. The van der Waals surface area contributed by atoms with Gasteiger partial charge in [0.05, 0.1) is 10.3 Å². The summed E-state index contributed by atoms with van der Waals surface area (Å²) in [5.74, 6) is 0. The molecule has 2 aromatic rings. The van der Waals surface area contributed by atoms with Crippen LogP contribution < -0.4 is 0 Å². The van der Waals surface area contributed by atoms with E-state index in [0.29, 0.717) is 0 Å². The number of hydrogen-bond acceptors (Lipinski definition) is 4. The van der Waals surface area contributed by atoms with Gasteiger partial charge in [-0.15, -0.1) is 0 Å². The van der Waals surface area contributed by atoms with Gasteiger partial charge in [-0.25, -0.2) is 8.42 Å². The molecular weight excluding hydrogens is 539 g/mol. The van der Waals surface area contributed by atoms with Crippen molar-refractivity contribution >= 4 is 36.2 Å². The quantitative estimate of drug-likeness (QED) is 0.274. The molecule has 0 aliphatic carbocycles. The molecule has 6 nitrogen and oxygen atoms in total. The minimum absolute atomic E-state index is 0.0174. The van der Waals surface area contributed by atoms with Crippen molar-refractivity contribution < 1.29 is 13.3 Å². The zero-order chi connectivity index (χ0) is 23.9. The maximum absolute atomic E-state index is 13.3. The Kier molecular flexibility index (Phi) is 6.89. The third-order valence-electron chi connectivity index (χ3n) is 5.99. The van der Waals surface area contributed by atoms with E-state index < -0.39 is 15.4 Å². The summed E-state index contributed by atoms with van der Waals surface area (Å²) in [6.45, 7) is 10.0. The first kappa shape index (κ1) is 24.9. The largest absolute Gasteiger partial charge is 0.265 e. The van der Waals surface area contributed by atoms with Gasteiger partial charge < -0.3 is 0 Å². The van der Waals surface area contributed by atoms with Crippen molar-refractivity contribution in [3.8, 4) is 0 Å². The Labute approximate surface area is 204 Å². The lowest BCUT2D eigenvalue weighted by Gasteiger charge is -2.23. The van der Waals surface area contributed by atoms with Gasteiger partial charge in [0.25, 0.3) is 0 Å². The lowest BCUT2D eigenvalue weighted by Crippen LogP contribution is -2.34. The lowest BCUT2D eigenvalue weighted by molar-refractivity contribution is -0.493. The topological polar surface area (TPSA) is 80.5 Å². The Morgan fingerprint density at radius 2 is 1.69 bits per heavy atom. The predicted molar refractivity (Wildman–Crippen MR) is 136 cm³/mol. The third kappa shape index (κ3) is 5.07. The first-order valence-electron chi connectivity index (χ1n) is 10.4. The number of nitro groups is 1. The van der Waals surface area contributed by atoms with Crippen LogP contribution in [0, 0.1) is 22.5 Å². The number of sulfonamides is 1. The summed E-state index contributed by atoms with van der Waals surface area (Å²) in [7, 11) is -3.76. The van der Waals surface area contributed by atoms with Crippen molar-refractivity contribution in [3.63, 3.8) is 0 Å². The maximum Gasteiger partial charge on any atom is 0.243 e. The molecule has 0 spiro atoms. The fourth-order valence-corrected chi connectivity index (χ4v) is 6.71. The number of rotatable bonds is 5. The highest BCUT2D eigenvalue weighted by Gasteiger charge is 2.48. The molecule has 1 saturated heterocycles. The van der Waals surface area contributed by atoms with Gasteiger partial charge >= 0.3 is 0 Å². The Bertz CT molecular complexity index is 1150. The summed E-state index contributed by atoms with van der Waals surface area (Å²) in [4.78, 5) is 11.3. The van der Waals surface area contributed by atoms with Crippen LogP contribution in [0.15, 0.2) is 59.0 Å². The van der Waals surface area contributed by atoms with Gasteiger partial charge in [0.15, 0.2) is 0 Å². The minimum atomic E-state index is -3.76. The van der Waals surface area contributed by atoms with Crippen LogP contribution in [0.4, 0.5) is 0 Å². The van der Waals surface area contributed by atoms with E-state index in [0.717, 1.165) is 20.3 Å². The molecule has 0 amide bonds. The van der Waals surface area contributed by atoms with Crippen molar-refractivity contribution in [3.05, 3.63) is 80.9 Å². The minimum Gasteiger partial charge on any atom is -0.265 e. The number of nitrogens with zero attached hydrogens (tertiary/aromatic N) is 2. The molecule has 0 saturated carbocycles. The van der Waals surface area contributed by atoms with Crippen molar-refractivity contribution in [2.75, 3.05) is 19.6 Å². The molecule has 2 aromatic carbocycles. The van der Waals surface area contributed by atoms with Gasteiger partial charge in [-0.3, -0.25) is 10.1 Å². The average molecular weight is 568 g/mol. The molecule has 172 valence electrons. The van der Waals surface area contributed by atoms with E-state index in [4.69, 9.17) is 0 Å². The average Bonchev–Trinajstić information content (AvgIpc) is 3.04. The molecule has 1 aliphatic heterocycles. The zero-order valence-electron chi connectivity index (χ0n) is 19.1. The van der Waals surface area contributed by atoms with E-state index in [-0.39, 0.29) is 34.9 Å². The van der Waals surface area contributed by atoms with Gasteiger partial charge in [0.1, 0.15) is 0 Å². The van der Waals surface area contributed by atoms with Crippen molar-refractivity contribution in [1.82, 2.24) is 4.31 Å². The van der Waals surface area contributed by atoms with E-state index in [2.05, 4.69) is 55.5 Å². The molecule has 1 heterocycles. The summed E-state index contributed by atoms with van der Waals surface area (Å²) in [6, 6.07) is 14.9. The lowest BCUT2D eigenvalue weighted by atomic mass is 9.83. The predicted octanol–water partition coefficient (Wildman–Crippen LogP) is 5.43. The molecule has 1 fully saturated rings. The molecule has 0 N–H and O–H groups in total. The molecule has 0 aromatic heterocycles. The van der Waals surface area contributed by atoms with E-state index in [1.807, 2.05) is 19.1 Å². The monoisotopic (exact) mass is 568 g/mol. The standard InChI is InChI=1S/C24H29IN2O4S/c1-17-6-12-20(13-7-17)32(30,31)26-14-21(24(5,15-26)16-27(28)29)22(25)18-8-10-19(11-9-18)23(2,3)4/h6-13H,14-16H2,1-5H3/b22-21+/t24-/m1/s1. The highest BCUT2D eigenvalue weighted by atomic mass is 127. The molecular formula is C24H29IN2O4S. The Morgan fingerprint density at radius 3 is 2.19 bits per heavy atom. The van der Waals surface area contributed by atoms with E-state index in [1.165, 1.54) is 9.87 Å². The Balaban J connectivity index is 2.04. The van der Waals surface area contributed by atoms with Crippen LogP contribution >= 0.6 is 22.6 Å². The number of halogens is 1. The zero-order valence-corrected chi connectivity index (χ0v) is 22.0.